The number of H-pyrrole nitrogens is 1. The number of hydrogen-bond acceptors (Lipinski definition) is 5. The molecule has 0 unspecified atom stereocenters. The van der Waals surface area contributed by atoms with Crippen LogP contribution in [0.1, 0.15) is 35.1 Å². The van der Waals surface area contributed by atoms with Crippen molar-refractivity contribution in [2.24, 2.45) is 0 Å². The van der Waals surface area contributed by atoms with E-state index in [9.17, 15) is 4.79 Å². The standard InChI is InChI=1S/C19H17N7O/c27-19(13-5-3-6-14(11-13)26-12-20-23-24-26)25-10-4-9-17(25)18-21-15-7-1-2-8-16(15)22-18/h1-3,5-8,11-12,17H,4,9-10H2,(H,21,22)/t17-/m0/s1. The number of nitrogens with zero attached hydrogens (tertiary/aromatic N) is 6. The van der Waals surface area contributed by atoms with Gasteiger partial charge in [-0.1, -0.05) is 18.2 Å². The molecule has 1 N–H and O–H groups in total. The summed E-state index contributed by atoms with van der Waals surface area (Å²) in [7, 11) is 0. The molecule has 0 aliphatic carbocycles. The number of carbonyl (C=O) groups is 1. The largest absolute Gasteiger partial charge is 0.340 e. The van der Waals surface area contributed by atoms with Gasteiger partial charge in [-0.3, -0.25) is 4.79 Å². The van der Waals surface area contributed by atoms with Gasteiger partial charge in [-0.05, 0) is 53.6 Å². The van der Waals surface area contributed by atoms with Crippen molar-refractivity contribution in [3.05, 3.63) is 66.2 Å². The van der Waals surface area contributed by atoms with E-state index in [0.29, 0.717) is 5.56 Å². The predicted molar refractivity (Wildman–Crippen MR) is 98.3 cm³/mol. The molecule has 27 heavy (non-hydrogen) atoms. The SMILES string of the molecule is O=C(c1cccc(-n2cnnn2)c1)N1CCC[C@H]1c1nc2ccccc2[nH]1. The highest BCUT2D eigenvalue weighted by molar-refractivity contribution is 5.95. The van der Waals surface area contributed by atoms with Crippen molar-refractivity contribution in [1.82, 2.24) is 35.1 Å². The Morgan fingerprint density at radius 1 is 1.15 bits per heavy atom. The third kappa shape index (κ3) is 2.75. The van der Waals surface area contributed by atoms with Crippen LogP contribution < -0.4 is 0 Å². The first-order valence-electron chi connectivity index (χ1n) is 8.89. The van der Waals surface area contributed by atoms with Gasteiger partial charge in [0.15, 0.2) is 0 Å². The lowest BCUT2D eigenvalue weighted by atomic mass is 10.1. The van der Waals surface area contributed by atoms with Gasteiger partial charge in [0.25, 0.3) is 5.91 Å². The Hall–Kier alpha value is -3.55. The molecule has 2 aromatic heterocycles. The number of carbonyl (C=O) groups excluding carboxylic acids is 1. The quantitative estimate of drug-likeness (QED) is 0.607. The highest BCUT2D eigenvalue weighted by atomic mass is 16.2. The van der Waals surface area contributed by atoms with Crippen LogP contribution in [-0.2, 0) is 0 Å². The molecule has 134 valence electrons. The van der Waals surface area contributed by atoms with Crippen LogP contribution >= 0.6 is 0 Å². The number of nitrogens with one attached hydrogen (secondary N) is 1. The third-order valence-electron chi connectivity index (χ3n) is 4.94. The smallest absolute Gasteiger partial charge is 0.254 e. The number of tetrazole rings is 1. The first-order valence-corrected chi connectivity index (χ1v) is 8.89. The summed E-state index contributed by atoms with van der Waals surface area (Å²) in [5.74, 6) is 0.839. The minimum atomic E-state index is -0.0402. The topological polar surface area (TPSA) is 92.6 Å². The number of likely N-dealkylation sites (tertiary alicyclic amines) is 1. The fourth-order valence-corrected chi connectivity index (χ4v) is 3.65. The van der Waals surface area contributed by atoms with Gasteiger partial charge in [-0.25, -0.2) is 9.67 Å². The Bertz CT molecular complexity index is 1070. The van der Waals surface area contributed by atoms with Gasteiger partial charge in [0, 0.05) is 12.1 Å². The average Bonchev–Trinajstić information content (AvgIpc) is 3.47. The second-order valence-corrected chi connectivity index (χ2v) is 6.60. The van der Waals surface area contributed by atoms with Crippen molar-refractivity contribution in [2.45, 2.75) is 18.9 Å². The van der Waals surface area contributed by atoms with Gasteiger partial charge in [0.05, 0.1) is 22.8 Å². The van der Waals surface area contributed by atoms with E-state index in [1.807, 2.05) is 53.4 Å². The fraction of sp³-hybridized carbons (Fsp3) is 0.211. The van der Waals surface area contributed by atoms with E-state index in [1.54, 1.807) is 0 Å². The van der Waals surface area contributed by atoms with Crippen LogP contribution in [0.2, 0.25) is 0 Å². The summed E-state index contributed by atoms with van der Waals surface area (Å²) in [6.07, 6.45) is 3.37. The molecule has 1 aliphatic heterocycles. The number of para-hydroxylation sites is 2. The summed E-state index contributed by atoms with van der Waals surface area (Å²) in [4.78, 5) is 23.2. The van der Waals surface area contributed by atoms with Gasteiger partial charge in [0.1, 0.15) is 12.2 Å². The predicted octanol–water partition coefficient (Wildman–Crippen LogP) is 2.52. The van der Waals surface area contributed by atoms with Crippen LogP contribution in [0.5, 0.6) is 0 Å². The molecule has 0 bridgehead atoms. The van der Waals surface area contributed by atoms with Crippen molar-refractivity contribution >= 4 is 16.9 Å². The molecule has 1 fully saturated rings. The Kier molecular flexibility index (Phi) is 3.67. The Morgan fingerprint density at radius 2 is 2.07 bits per heavy atom. The molecule has 8 heteroatoms. The van der Waals surface area contributed by atoms with Crippen molar-refractivity contribution in [3.8, 4) is 5.69 Å². The number of benzene rings is 2. The van der Waals surface area contributed by atoms with Crippen molar-refractivity contribution in [2.75, 3.05) is 6.54 Å². The summed E-state index contributed by atoms with van der Waals surface area (Å²) in [5, 5.41) is 11.2. The molecule has 3 heterocycles. The van der Waals surface area contributed by atoms with E-state index in [1.165, 1.54) is 11.0 Å². The summed E-state index contributed by atoms with van der Waals surface area (Å²) in [6.45, 7) is 0.718. The zero-order chi connectivity index (χ0) is 18.2. The molecule has 0 radical (unpaired) electrons. The molecule has 1 saturated heterocycles. The fourth-order valence-electron chi connectivity index (χ4n) is 3.65. The molecule has 8 nitrogen and oxygen atoms in total. The van der Waals surface area contributed by atoms with Crippen molar-refractivity contribution in [3.63, 3.8) is 0 Å². The molecule has 4 aromatic rings. The number of fused-ring (bicyclic) bond motifs is 1. The average molecular weight is 359 g/mol. The number of rotatable bonds is 3. The first-order chi connectivity index (χ1) is 13.3. The number of aromatic amines is 1. The summed E-state index contributed by atoms with van der Waals surface area (Å²) >= 11 is 0. The Labute approximate surface area is 154 Å². The highest BCUT2D eigenvalue weighted by Crippen LogP contribution is 2.32. The van der Waals surface area contributed by atoms with Crippen LogP contribution in [0, 0.1) is 0 Å². The van der Waals surface area contributed by atoms with Crippen molar-refractivity contribution in [1.29, 1.82) is 0 Å². The van der Waals surface area contributed by atoms with Crippen molar-refractivity contribution < 1.29 is 4.79 Å². The Morgan fingerprint density at radius 3 is 2.93 bits per heavy atom. The van der Waals surface area contributed by atoms with Gasteiger partial charge in [-0.2, -0.15) is 0 Å². The second-order valence-electron chi connectivity index (χ2n) is 6.60. The van der Waals surface area contributed by atoms with Crippen LogP contribution in [0.3, 0.4) is 0 Å². The highest BCUT2D eigenvalue weighted by Gasteiger charge is 2.32. The molecule has 0 saturated carbocycles. The lowest BCUT2D eigenvalue weighted by Crippen LogP contribution is -2.31. The monoisotopic (exact) mass is 359 g/mol. The second kappa shape index (κ2) is 6.31. The molecular formula is C19H17N7O. The zero-order valence-electron chi connectivity index (χ0n) is 14.5. The van der Waals surface area contributed by atoms with Gasteiger partial charge in [0.2, 0.25) is 0 Å². The summed E-state index contributed by atoms with van der Waals surface area (Å²) in [5.41, 5.74) is 3.29. The number of amides is 1. The van der Waals surface area contributed by atoms with E-state index < -0.39 is 0 Å². The number of hydrogen-bond donors (Lipinski definition) is 1. The molecule has 2 aromatic carbocycles. The maximum absolute atomic E-state index is 13.2. The number of imidazole rings is 1. The normalized spacial score (nSPS) is 16.9. The van der Waals surface area contributed by atoms with E-state index in [4.69, 9.17) is 4.98 Å². The minimum Gasteiger partial charge on any atom is -0.340 e. The lowest BCUT2D eigenvalue weighted by molar-refractivity contribution is 0.0730. The molecule has 5 rings (SSSR count). The Balaban J connectivity index is 1.46. The van der Waals surface area contributed by atoms with Gasteiger partial charge in [-0.15, -0.1) is 5.10 Å². The lowest BCUT2D eigenvalue weighted by Gasteiger charge is -2.23. The molecule has 1 aliphatic rings. The molecule has 1 atom stereocenters. The number of aromatic nitrogens is 6. The van der Waals surface area contributed by atoms with Gasteiger partial charge < -0.3 is 9.88 Å². The van der Waals surface area contributed by atoms with E-state index in [2.05, 4.69) is 20.5 Å². The first kappa shape index (κ1) is 15.7. The minimum absolute atomic E-state index is 0.00659. The maximum atomic E-state index is 13.2. The van der Waals surface area contributed by atoms with Crippen LogP contribution in [0.15, 0.2) is 54.9 Å². The van der Waals surface area contributed by atoms with E-state index in [0.717, 1.165) is 41.9 Å². The summed E-state index contributed by atoms with van der Waals surface area (Å²) < 4.78 is 1.54. The van der Waals surface area contributed by atoms with Crippen LogP contribution in [0.25, 0.3) is 16.7 Å². The van der Waals surface area contributed by atoms with E-state index in [-0.39, 0.29) is 11.9 Å². The third-order valence-corrected chi connectivity index (χ3v) is 4.94. The summed E-state index contributed by atoms with van der Waals surface area (Å²) in [6, 6.07) is 15.2. The van der Waals surface area contributed by atoms with Gasteiger partial charge >= 0.3 is 0 Å². The molecule has 0 spiro atoms. The molecule has 1 amide bonds. The van der Waals surface area contributed by atoms with Crippen LogP contribution in [0.4, 0.5) is 0 Å². The van der Waals surface area contributed by atoms with E-state index >= 15 is 0 Å². The maximum Gasteiger partial charge on any atom is 0.254 e. The zero-order valence-corrected chi connectivity index (χ0v) is 14.5. The van der Waals surface area contributed by atoms with Crippen LogP contribution in [-0.4, -0.2) is 47.5 Å². The molecular weight excluding hydrogens is 342 g/mol.